The van der Waals surface area contributed by atoms with Crippen LogP contribution in [0.3, 0.4) is 0 Å². The summed E-state index contributed by atoms with van der Waals surface area (Å²) in [6, 6.07) is 8.09. The zero-order valence-electron chi connectivity index (χ0n) is 10.3. The van der Waals surface area contributed by atoms with Gasteiger partial charge in [0, 0.05) is 0 Å². The van der Waals surface area contributed by atoms with Crippen molar-refractivity contribution in [3.63, 3.8) is 0 Å². The second-order valence-electron chi connectivity index (χ2n) is 5.20. The molecule has 101 valence electrons. The Hall–Kier alpha value is 0.231. The predicted molar refractivity (Wildman–Crippen MR) is 79.7 cm³/mol. The molecular weight excluding hydrogens is 323 g/mol. The SMILES string of the molecule is Cl.Cl.[CH3][Ti](=[O])(=[SiH2])([CH2]CO)[CH]1C=Cc2ccccc21. The first-order valence-corrected chi connectivity index (χ1v) is 13.8. The van der Waals surface area contributed by atoms with Gasteiger partial charge >= 0.3 is 98.4 Å². The molecule has 0 spiro atoms. The number of hydrogen-bond donors (Lipinski definition) is 1. The van der Waals surface area contributed by atoms with Crippen LogP contribution in [0.1, 0.15) is 15.3 Å². The summed E-state index contributed by atoms with van der Waals surface area (Å²) in [5.41, 5.74) is 2.34. The van der Waals surface area contributed by atoms with Crippen LogP contribution < -0.4 is 0 Å². The molecule has 1 aromatic rings. The van der Waals surface area contributed by atoms with Gasteiger partial charge in [-0.05, 0) is 0 Å². The van der Waals surface area contributed by atoms with Gasteiger partial charge in [-0.2, -0.15) is 0 Å². The standard InChI is InChI=1S/C9H7.C2H5O.CH3.2ClH.O.H2Si.Ti/c1-2-5-9-7-3-6-8(9)4-1;1-2-3;;;;;;/h1-7H;3H,1-2H2;1H3;2*1H;;1H2;. The summed E-state index contributed by atoms with van der Waals surface area (Å²) in [6.45, 7) is 0.0210. The van der Waals surface area contributed by atoms with Crippen molar-refractivity contribution in [3.05, 3.63) is 41.5 Å². The summed E-state index contributed by atoms with van der Waals surface area (Å²) in [5.74, 6) is 0. The minimum absolute atomic E-state index is 0. The number of fused-ring (bicyclic) bond motifs is 1. The van der Waals surface area contributed by atoms with Crippen LogP contribution in [0.15, 0.2) is 30.3 Å². The first-order valence-electron chi connectivity index (χ1n) is 5.59. The number of hydrogen-bond acceptors (Lipinski definition) is 2. The molecule has 0 aromatic heterocycles. The van der Waals surface area contributed by atoms with Gasteiger partial charge in [-0.25, -0.2) is 0 Å². The molecular formula is C12H19Cl2O2SiTi. The Morgan fingerprint density at radius 2 is 1.94 bits per heavy atom. The number of aliphatic hydroxyl groups is 1. The maximum atomic E-state index is 13.0. The second-order valence-corrected chi connectivity index (χ2v) is 21.9. The van der Waals surface area contributed by atoms with E-state index >= 15 is 0 Å². The van der Waals surface area contributed by atoms with Gasteiger partial charge in [0.25, 0.3) is 0 Å². The third-order valence-corrected chi connectivity index (χ3v) is 12.7. The van der Waals surface area contributed by atoms with Crippen molar-refractivity contribution in [2.45, 2.75) is 14.2 Å². The maximum absolute atomic E-state index is 13.0. The van der Waals surface area contributed by atoms with Gasteiger partial charge in [-0.1, -0.05) is 0 Å². The molecule has 0 fully saturated rings. The first kappa shape index (κ1) is 18.2. The van der Waals surface area contributed by atoms with E-state index in [1.165, 1.54) is 11.1 Å². The van der Waals surface area contributed by atoms with Crippen LogP contribution in [0.4, 0.5) is 0 Å². The van der Waals surface area contributed by atoms with Crippen LogP contribution in [-0.4, -0.2) is 19.3 Å². The zero-order valence-corrected chi connectivity index (χ0v) is 14.9. The summed E-state index contributed by atoms with van der Waals surface area (Å²) in [5, 5.41) is 11.0. The van der Waals surface area contributed by atoms with E-state index in [0.717, 1.165) is 0 Å². The van der Waals surface area contributed by atoms with Crippen molar-refractivity contribution in [1.82, 2.24) is 0 Å². The van der Waals surface area contributed by atoms with Crippen molar-refractivity contribution in [1.29, 1.82) is 0 Å². The van der Waals surface area contributed by atoms with E-state index in [1.807, 2.05) is 17.4 Å². The molecule has 1 aliphatic rings. The second kappa shape index (κ2) is 6.12. The van der Waals surface area contributed by atoms with Gasteiger partial charge in [-0.15, -0.1) is 24.8 Å². The number of rotatable bonds is 3. The molecule has 0 saturated carbocycles. The third kappa shape index (κ3) is 3.41. The normalized spacial score (nSPS) is 17.6. The fraction of sp³-hybridized carbons (Fsp3) is 0.333. The summed E-state index contributed by atoms with van der Waals surface area (Å²) >= 11 is -3.77. The number of allylic oxidation sites excluding steroid dienone is 1. The summed E-state index contributed by atoms with van der Waals surface area (Å²) in [6.07, 6.45) is 4.10. The van der Waals surface area contributed by atoms with E-state index in [-0.39, 0.29) is 35.6 Å². The van der Waals surface area contributed by atoms with Gasteiger partial charge in [0.2, 0.25) is 0 Å². The molecule has 2 nitrogen and oxygen atoms in total. The van der Waals surface area contributed by atoms with Crippen LogP contribution in [-0.2, 0) is 17.3 Å². The summed E-state index contributed by atoms with van der Waals surface area (Å²) in [7, 11) is 1.64. The molecule has 0 radical (unpaired) electrons. The van der Waals surface area contributed by atoms with Crippen LogP contribution in [0.5, 0.6) is 0 Å². The van der Waals surface area contributed by atoms with Crippen molar-refractivity contribution in [2.75, 3.05) is 6.61 Å². The predicted octanol–water partition coefficient (Wildman–Crippen LogP) is 2.64. The van der Waals surface area contributed by atoms with Crippen LogP contribution in [0.2, 0.25) is 9.95 Å². The molecule has 1 aliphatic carbocycles. The monoisotopic (exact) mass is 341 g/mol. The Balaban J connectivity index is 0.00000144. The average molecular weight is 342 g/mol. The summed E-state index contributed by atoms with van der Waals surface area (Å²) < 4.78 is 13.5. The summed E-state index contributed by atoms with van der Waals surface area (Å²) in [4.78, 5) is 0. The third-order valence-electron chi connectivity index (χ3n) is 3.46. The van der Waals surface area contributed by atoms with E-state index in [9.17, 15) is 3.32 Å². The number of halogens is 2. The van der Waals surface area contributed by atoms with Crippen LogP contribution in [0.25, 0.3) is 6.08 Å². The molecule has 1 N–H and O–H groups in total. The van der Waals surface area contributed by atoms with E-state index < -0.39 is 14.0 Å². The number of benzene rings is 1. The quantitative estimate of drug-likeness (QED) is 0.858. The van der Waals surface area contributed by atoms with Gasteiger partial charge < -0.3 is 0 Å². The molecule has 1 atom stereocenters. The van der Waals surface area contributed by atoms with Crippen molar-refractivity contribution < 1.29 is 22.4 Å². The Kier molecular flexibility index (Phi) is 6.20. The molecule has 2 rings (SSSR count). The van der Waals surface area contributed by atoms with Crippen molar-refractivity contribution >= 4 is 38.5 Å². The van der Waals surface area contributed by atoms with Crippen molar-refractivity contribution in [2.24, 2.45) is 0 Å². The molecule has 0 heterocycles. The van der Waals surface area contributed by atoms with Gasteiger partial charge in [-0.3, -0.25) is 0 Å². The molecule has 18 heavy (non-hydrogen) atoms. The van der Waals surface area contributed by atoms with E-state index in [1.54, 1.807) is 7.63 Å². The molecule has 6 heteroatoms. The Morgan fingerprint density at radius 1 is 1.33 bits per heavy atom. The fourth-order valence-electron chi connectivity index (χ4n) is 2.42. The molecule has 1 aromatic carbocycles. The van der Waals surface area contributed by atoms with Gasteiger partial charge in [0.1, 0.15) is 0 Å². The molecule has 1 unspecified atom stereocenters. The average Bonchev–Trinajstić information content (AvgIpc) is 2.60. The minimum atomic E-state index is -3.77. The van der Waals surface area contributed by atoms with Gasteiger partial charge in [0.15, 0.2) is 0 Å². The Labute approximate surface area is 123 Å². The van der Waals surface area contributed by atoms with Crippen molar-refractivity contribution in [3.8, 4) is 0 Å². The molecule has 0 aliphatic heterocycles. The van der Waals surface area contributed by atoms with E-state index in [0.29, 0.717) is 4.73 Å². The Morgan fingerprint density at radius 3 is 2.56 bits per heavy atom. The molecule has 0 amide bonds. The van der Waals surface area contributed by atoms with Crippen LogP contribution in [0, 0.1) is 0 Å². The first-order chi connectivity index (χ1) is 7.42. The molecule has 0 bridgehead atoms. The fourth-order valence-corrected chi connectivity index (χ4v) is 8.74. The van der Waals surface area contributed by atoms with Crippen LogP contribution >= 0.6 is 24.8 Å². The van der Waals surface area contributed by atoms with E-state index in [4.69, 9.17) is 5.11 Å². The van der Waals surface area contributed by atoms with E-state index in [2.05, 4.69) is 24.3 Å². The zero-order chi connectivity index (χ0) is 11.8. The topological polar surface area (TPSA) is 37.3 Å². The number of aliphatic hydroxyl groups excluding tert-OH is 1. The molecule has 0 saturated heterocycles. The van der Waals surface area contributed by atoms with Gasteiger partial charge in [0.05, 0.1) is 0 Å². The Bertz CT molecular complexity index is 577.